The molecule has 17 heavy (non-hydrogen) atoms. The molecule has 0 unspecified atom stereocenters. The summed E-state index contributed by atoms with van der Waals surface area (Å²) in [6.45, 7) is 0. The average molecular weight is 295 g/mol. The van der Waals surface area contributed by atoms with Crippen LogP contribution in [0.3, 0.4) is 0 Å². The van der Waals surface area contributed by atoms with Crippen molar-refractivity contribution in [3.05, 3.63) is 34.7 Å². The van der Waals surface area contributed by atoms with Gasteiger partial charge in [0.25, 0.3) is 0 Å². The number of carbonyl (C=O) groups excluding carboxylic acids is 1. The number of hydrogen-bond donors (Lipinski definition) is 1. The summed E-state index contributed by atoms with van der Waals surface area (Å²) in [5.41, 5.74) is 3.62. The molecule has 88 valence electrons. The smallest absolute Gasteiger partial charge is 0.307 e. The Balaban J connectivity index is 1.61. The molecule has 0 aliphatic heterocycles. The number of hydrogen-bond acceptors (Lipinski definition) is 3. The van der Waals surface area contributed by atoms with Gasteiger partial charge in [0.05, 0.1) is 0 Å². The minimum Gasteiger partial charge on any atom is -0.444 e. The second kappa shape index (κ2) is 4.14. The van der Waals surface area contributed by atoms with Crippen molar-refractivity contribution in [2.24, 2.45) is 16.9 Å². The number of halogens is 1. The molecule has 4 nitrogen and oxygen atoms in total. The van der Waals surface area contributed by atoms with Crippen molar-refractivity contribution in [2.75, 3.05) is 0 Å². The molecule has 0 bridgehead atoms. The zero-order valence-electron chi connectivity index (χ0n) is 9.02. The van der Waals surface area contributed by atoms with Crippen molar-refractivity contribution in [3.8, 4) is 0 Å². The Morgan fingerprint density at radius 1 is 1.53 bits per heavy atom. The molecule has 1 amide bonds. The molecule has 5 heteroatoms. The SMILES string of the molecule is O=C(N/N=C1\C[C@H]2C=CC[C@@H]12)c1ccc(Br)o1. The molecule has 3 rings (SSSR count). The van der Waals surface area contributed by atoms with E-state index in [1.54, 1.807) is 12.1 Å². The first kappa shape index (κ1) is 10.8. The predicted octanol–water partition coefficient (Wildman–Crippen LogP) is 2.72. The van der Waals surface area contributed by atoms with Gasteiger partial charge in [-0.3, -0.25) is 4.79 Å². The highest BCUT2D eigenvalue weighted by molar-refractivity contribution is 9.10. The normalized spacial score (nSPS) is 27.9. The molecule has 2 aliphatic carbocycles. The van der Waals surface area contributed by atoms with Crippen molar-refractivity contribution < 1.29 is 9.21 Å². The van der Waals surface area contributed by atoms with E-state index in [1.807, 2.05) is 0 Å². The van der Waals surface area contributed by atoms with Crippen LogP contribution in [0, 0.1) is 11.8 Å². The van der Waals surface area contributed by atoms with Crippen molar-refractivity contribution in [2.45, 2.75) is 12.8 Å². The van der Waals surface area contributed by atoms with Gasteiger partial charge in [-0.15, -0.1) is 0 Å². The van der Waals surface area contributed by atoms with Crippen LogP contribution in [-0.2, 0) is 0 Å². The largest absolute Gasteiger partial charge is 0.444 e. The van der Waals surface area contributed by atoms with Gasteiger partial charge in [0.1, 0.15) is 0 Å². The molecular weight excluding hydrogens is 284 g/mol. The van der Waals surface area contributed by atoms with Crippen LogP contribution in [0.1, 0.15) is 23.4 Å². The number of carbonyl (C=O) groups is 1. The summed E-state index contributed by atoms with van der Waals surface area (Å²) in [6, 6.07) is 3.29. The fourth-order valence-electron chi connectivity index (χ4n) is 2.28. The van der Waals surface area contributed by atoms with Gasteiger partial charge in [-0.2, -0.15) is 5.10 Å². The minimum atomic E-state index is -0.308. The van der Waals surface area contributed by atoms with E-state index < -0.39 is 0 Å². The summed E-state index contributed by atoms with van der Waals surface area (Å²) in [4.78, 5) is 11.6. The van der Waals surface area contributed by atoms with E-state index in [0.717, 1.165) is 18.6 Å². The minimum absolute atomic E-state index is 0.265. The quantitative estimate of drug-likeness (QED) is 0.673. The highest BCUT2D eigenvalue weighted by atomic mass is 79.9. The Morgan fingerprint density at radius 3 is 3.12 bits per heavy atom. The van der Waals surface area contributed by atoms with E-state index in [-0.39, 0.29) is 11.7 Å². The summed E-state index contributed by atoms with van der Waals surface area (Å²) in [6.07, 6.45) is 6.42. The summed E-state index contributed by atoms with van der Waals surface area (Å²) in [5, 5.41) is 4.16. The van der Waals surface area contributed by atoms with Crippen LogP contribution in [-0.4, -0.2) is 11.6 Å². The maximum absolute atomic E-state index is 11.6. The monoisotopic (exact) mass is 294 g/mol. The number of hydrazone groups is 1. The third-order valence-electron chi connectivity index (χ3n) is 3.26. The Hall–Kier alpha value is -1.36. The topological polar surface area (TPSA) is 54.6 Å². The van der Waals surface area contributed by atoms with Crippen LogP contribution in [0.2, 0.25) is 0 Å². The van der Waals surface area contributed by atoms with Crippen LogP contribution in [0.25, 0.3) is 0 Å². The summed E-state index contributed by atoms with van der Waals surface area (Å²) < 4.78 is 5.68. The average Bonchev–Trinajstić information content (AvgIpc) is 2.86. The van der Waals surface area contributed by atoms with Crippen LogP contribution in [0.15, 0.2) is 38.5 Å². The van der Waals surface area contributed by atoms with Gasteiger partial charge in [-0.25, -0.2) is 5.43 Å². The summed E-state index contributed by atoms with van der Waals surface area (Å²) >= 11 is 3.15. The Morgan fingerprint density at radius 2 is 2.41 bits per heavy atom. The predicted molar refractivity (Wildman–Crippen MR) is 66.7 cm³/mol. The van der Waals surface area contributed by atoms with E-state index in [1.165, 1.54) is 0 Å². The Bertz CT molecular complexity index is 518. The van der Waals surface area contributed by atoms with Gasteiger partial charge in [0.15, 0.2) is 10.4 Å². The second-order valence-electron chi connectivity index (χ2n) is 4.29. The third kappa shape index (κ3) is 1.95. The van der Waals surface area contributed by atoms with Crippen LogP contribution in [0.5, 0.6) is 0 Å². The van der Waals surface area contributed by atoms with Crippen molar-refractivity contribution in [1.29, 1.82) is 0 Å². The Kier molecular flexibility index (Phi) is 2.63. The number of furan rings is 1. The molecule has 2 atom stereocenters. The van der Waals surface area contributed by atoms with Gasteiger partial charge in [0, 0.05) is 11.6 Å². The number of rotatable bonds is 2. The lowest BCUT2D eigenvalue weighted by Crippen LogP contribution is -2.35. The van der Waals surface area contributed by atoms with E-state index in [4.69, 9.17) is 4.42 Å². The Labute approximate surface area is 107 Å². The molecule has 2 aliphatic rings. The van der Waals surface area contributed by atoms with Crippen LogP contribution in [0.4, 0.5) is 0 Å². The van der Waals surface area contributed by atoms with Crippen molar-refractivity contribution in [3.63, 3.8) is 0 Å². The van der Waals surface area contributed by atoms with Crippen LogP contribution < -0.4 is 5.43 Å². The molecule has 1 saturated carbocycles. The number of nitrogens with zero attached hydrogens (tertiary/aromatic N) is 1. The first-order chi connectivity index (χ1) is 8.24. The molecule has 1 N–H and O–H groups in total. The first-order valence-electron chi connectivity index (χ1n) is 5.53. The fourth-order valence-corrected chi connectivity index (χ4v) is 2.58. The zero-order chi connectivity index (χ0) is 11.8. The molecule has 1 fully saturated rings. The molecular formula is C12H11BrN2O2. The maximum Gasteiger partial charge on any atom is 0.307 e. The maximum atomic E-state index is 11.6. The van der Waals surface area contributed by atoms with Gasteiger partial charge in [-0.05, 0) is 46.8 Å². The highest BCUT2D eigenvalue weighted by Gasteiger charge is 2.38. The van der Waals surface area contributed by atoms with Crippen LogP contribution >= 0.6 is 15.9 Å². The van der Waals surface area contributed by atoms with Crippen molar-refractivity contribution >= 4 is 27.5 Å². The summed E-state index contributed by atoms with van der Waals surface area (Å²) in [5.74, 6) is 1.11. The molecule has 0 spiro atoms. The lowest BCUT2D eigenvalue weighted by atomic mass is 9.74. The fraction of sp³-hybridized carbons (Fsp3) is 0.333. The molecule has 0 radical (unpaired) electrons. The van der Waals surface area contributed by atoms with E-state index in [9.17, 15) is 4.79 Å². The third-order valence-corrected chi connectivity index (χ3v) is 3.69. The lowest BCUT2D eigenvalue weighted by Gasteiger charge is -2.31. The molecule has 1 aromatic rings. The molecule has 0 aromatic carbocycles. The van der Waals surface area contributed by atoms with E-state index in [2.05, 4.69) is 38.6 Å². The van der Waals surface area contributed by atoms with Gasteiger partial charge in [0.2, 0.25) is 0 Å². The molecule has 1 aromatic heterocycles. The van der Waals surface area contributed by atoms with Crippen molar-refractivity contribution in [1.82, 2.24) is 5.43 Å². The zero-order valence-corrected chi connectivity index (χ0v) is 10.6. The highest BCUT2D eigenvalue weighted by Crippen LogP contribution is 2.40. The summed E-state index contributed by atoms with van der Waals surface area (Å²) in [7, 11) is 0. The first-order valence-corrected chi connectivity index (χ1v) is 6.32. The number of amides is 1. The number of allylic oxidation sites excluding steroid dienone is 2. The van der Waals surface area contributed by atoms with Gasteiger partial charge in [-0.1, -0.05) is 12.2 Å². The number of fused-ring (bicyclic) bond motifs is 1. The van der Waals surface area contributed by atoms with Gasteiger partial charge < -0.3 is 4.42 Å². The van der Waals surface area contributed by atoms with E-state index in [0.29, 0.717) is 16.5 Å². The second-order valence-corrected chi connectivity index (χ2v) is 5.07. The standard InChI is InChI=1S/C12H11BrN2O2/c13-11-5-4-10(17-11)12(16)15-14-9-6-7-2-1-3-8(7)9/h1-2,4-5,7-8H,3,6H2,(H,15,16)/b14-9+/t7-,8-/m1/s1. The molecule has 1 heterocycles. The molecule has 0 saturated heterocycles. The lowest BCUT2D eigenvalue weighted by molar-refractivity contribution is 0.0925. The van der Waals surface area contributed by atoms with Gasteiger partial charge >= 0.3 is 5.91 Å². The van der Waals surface area contributed by atoms with E-state index >= 15 is 0 Å². The number of nitrogens with one attached hydrogen (secondary N) is 1.